The number of likely N-dealkylation sites (N-methyl/N-ethyl adjacent to an activating group) is 1. The molecule has 0 unspecified atom stereocenters. The molecular weight excluding hydrogens is 490 g/mol. The molecular formula is C32H45N3O4. The van der Waals surface area contributed by atoms with E-state index < -0.39 is 12.0 Å². The van der Waals surface area contributed by atoms with Crippen LogP contribution in [-0.2, 0) is 33.5 Å². The summed E-state index contributed by atoms with van der Waals surface area (Å²) in [7, 11) is 1.97. The lowest BCUT2D eigenvalue weighted by Crippen LogP contribution is -2.39. The lowest BCUT2D eigenvalue weighted by molar-refractivity contribution is -0.144. The van der Waals surface area contributed by atoms with Gasteiger partial charge < -0.3 is 19.9 Å². The topological polar surface area (TPSA) is 83.9 Å². The zero-order valence-corrected chi connectivity index (χ0v) is 24.0. The highest BCUT2D eigenvalue weighted by Gasteiger charge is 2.45. The largest absolute Gasteiger partial charge is 0.480 e. The van der Waals surface area contributed by atoms with Crippen LogP contribution < -0.4 is 5.32 Å². The number of aliphatic carboxylic acids is 1. The van der Waals surface area contributed by atoms with Crippen molar-refractivity contribution in [1.82, 2.24) is 9.88 Å². The van der Waals surface area contributed by atoms with E-state index in [1.165, 1.54) is 17.5 Å². The van der Waals surface area contributed by atoms with Crippen LogP contribution in [0, 0.1) is 5.41 Å². The molecule has 0 saturated heterocycles. The molecule has 0 spiro atoms. The Hall–Kier alpha value is -2.48. The number of ether oxygens (including phenoxy) is 2. The Morgan fingerprint density at radius 1 is 1.23 bits per heavy atom. The van der Waals surface area contributed by atoms with E-state index in [1.54, 1.807) is 0 Å². The number of rotatable bonds is 10. The summed E-state index contributed by atoms with van der Waals surface area (Å²) in [6.45, 7) is 8.96. The first-order chi connectivity index (χ1) is 18.7. The Bertz CT molecular complexity index is 1170. The van der Waals surface area contributed by atoms with Gasteiger partial charge in [0.05, 0.1) is 18.8 Å². The molecule has 3 aliphatic rings. The van der Waals surface area contributed by atoms with Gasteiger partial charge >= 0.3 is 5.97 Å². The minimum Gasteiger partial charge on any atom is -0.480 e. The monoisotopic (exact) mass is 535 g/mol. The second kappa shape index (κ2) is 11.9. The van der Waals surface area contributed by atoms with Gasteiger partial charge in [-0.25, -0.2) is 4.98 Å². The van der Waals surface area contributed by atoms with Crippen molar-refractivity contribution >= 4 is 11.8 Å². The Labute approximate surface area is 233 Å². The molecule has 212 valence electrons. The number of anilines is 1. The van der Waals surface area contributed by atoms with Crippen molar-refractivity contribution in [2.24, 2.45) is 5.41 Å². The van der Waals surface area contributed by atoms with Crippen molar-refractivity contribution in [3.8, 4) is 0 Å². The SMILES string of the molecule is C[C@@H]1OCCc2cccc([C@H](C(=O)O)N(C)[C@H]3C[C@H](OCCCCc4ccc5c(n4)NCCC5)C(C)(C)C3)c21. The summed E-state index contributed by atoms with van der Waals surface area (Å²) in [5.74, 6) is 0.257. The molecule has 1 aromatic carbocycles. The van der Waals surface area contributed by atoms with E-state index in [9.17, 15) is 9.90 Å². The van der Waals surface area contributed by atoms with Gasteiger partial charge in [0.1, 0.15) is 11.9 Å². The smallest absolute Gasteiger partial charge is 0.325 e. The molecule has 39 heavy (non-hydrogen) atoms. The van der Waals surface area contributed by atoms with Gasteiger partial charge in [-0.2, -0.15) is 0 Å². The molecule has 0 amide bonds. The molecule has 4 atom stereocenters. The summed E-state index contributed by atoms with van der Waals surface area (Å²) in [5.41, 5.74) is 5.59. The third kappa shape index (κ3) is 6.16. The fourth-order valence-electron chi connectivity index (χ4n) is 6.89. The number of fused-ring (bicyclic) bond motifs is 2. The van der Waals surface area contributed by atoms with Crippen molar-refractivity contribution in [2.45, 2.75) is 96.4 Å². The summed E-state index contributed by atoms with van der Waals surface area (Å²) < 4.78 is 12.4. The molecule has 7 nitrogen and oxygen atoms in total. The number of hydrogen-bond acceptors (Lipinski definition) is 6. The number of carboxylic acids is 1. The number of nitrogens with zero attached hydrogens (tertiary/aromatic N) is 2. The molecule has 1 aromatic heterocycles. The number of pyridine rings is 1. The van der Waals surface area contributed by atoms with Gasteiger partial charge in [-0.1, -0.05) is 38.1 Å². The van der Waals surface area contributed by atoms with Crippen molar-refractivity contribution in [3.05, 3.63) is 58.3 Å². The van der Waals surface area contributed by atoms with Crippen molar-refractivity contribution < 1.29 is 19.4 Å². The fourth-order valence-corrected chi connectivity index (χ4v) is 6.89. The van der Waals surface area contributed by atoms with E-state index in [1.807, 2.05) is 26.1 Å². The molecule has 5 rings (SSSR count). The highest BCUT2D eigenvalue weighted by atomic mass is 16.5. The maximum atomic E-state index is 12.7. The third-order valence-electron chi connectivity index (χ3n) is 9.11. The lowest BCUT2D eigenvalue weighted by Gasteiger charge is -2.35. The van der Waals surface area contributed by atoms with Gasteiger partial charge in [0.15, 0.2) is 0 Å². The highest BCUT2D eigenvalue weighted by Crippen LogP contribution is 2.44. The van der Waals surface area contributed by atoms with Crippen molar-refractivity contribution in [1.29, 1.82) is 0 Å². The predicted molar refractivity (Wildman–Crippen MR) is 153 cm³/mol. The second-order valence-electron chi connectivity index (χ2n) is 12.3. The first kappa shape index (κ1) is 28.1. The van der Waals surface area contributed by atoms with Crippen LogP contribution in [0.1, 0.15) is 93.0 Å². The number of nitrogens with one attached hydrogen (secondary N) is 1. The van der Waals surface area contributed by atoms with E-state index in [0.29, 0.717) is 6.61 Å². The van der Waals surface area contributed by atoms with Crippen LogP contribution >= 0.6 is 0 Å². The van der Waals surface area contributed by atoms with Crippen LogP contribution in [0.5, 0.6) is 0 Å². The van der Waals surface area contributed by atoms with Crippen molar-refractivity contribution in [3.63, 3.8) is 0 Å². The molecule has 3 heterocycles. The summed E-state index contributed by atoms with van der Waals surface area (Å²) >= 11 is 0. The number of carboxylic acid groups (broad SMARTS) is 1. The van der Waals surface area contributed by atoms with E-state index in [2.05, 4.69) is 42.3 Å². The number of aromatic nitrogens is 1. The van der Waals surface area contributed by atoms with Crippen LogP contribution in [0.3, 0.4) is 0 Å². The number of benzene rings is 1. The van der Waals surface area contributed by atoms with Crippen LogP contribution in [0.4, 0.5) is 5.82 Å². The fraction of sp³-hybridized carbons (Fsp3) is 0.625. The molecule has 7 heteroatoms. The minimum atomic E-state index is -0.808. The predicted octanol–water partition coefficient (Wildman–Crippen LogP) is 5.73. The van der Waals surface area contributed by atoms with E-state index in [0.717, 1.165) is 80.7 Å². The van der Waals surface area contributed by atoms with Crippen molar-refractivity contribution in [2.75, 3.05) is 32.1 Å². The molecule has 1 saturated carbocycles. The average Bonchev–Trinajstić information content (AvgIpc) is 3.22. The van der Waals surface area contributed by atoms with Crippen LogP contribution in [0.2, 0.25) is 0 Å². The van der Waals surface area contributed by atoms with Gasteiger partial charge in [0.25, 0.3) is 0 Å². The maximum absolute atomic E-state index is 12.7. The van der Waals surface area contributed by atoms with Crippen LogP contribution in [0.25, 0.3) is 0 Å². The third-order valence-corrected chi connectivity index (χ3v) is 9.11. The van der Waals surface area contributed by atoms with Gasteiger partial charge in [0, 0.05) is 24.9 Å². The van der Waals surface area contributed by atoms with E-state index in [4.69, 9.17) is 14.5 Å². The molecule has 1 fully saturated rings. The number of hydrogen-bond donors (Lipinski definition) is 2. The number of unbranched alkanes of at least 4 members (excludes halogenated alkanes) is 1. The lowest BCUT2D eigenvalue weighted by atomic mass is 9.87. The normalized spacial score (nSPS) is 24.6. The zero-order valence-electron chi connectivity index (χ0n) is 24.0. The summed E-state index contributed by atoms with van der Waals surface area (Å²) in [6, 6.07) is 9.90. The molecule has 1 aliphatic carbocycles. The summed E-state index contributed by atoms with van der Waals surface area (Å²) in [5, 5.41) is 13.8. The quantitative estimate of drug-likeness (QED) is 0.376. The second-order valence-corrected chi connectivity index (χ2v) is 12.3. The molecule has 0 radical (unpaired) electrons. The van der Waals surface area contributed by atoms with Gasteiger partial charge in [-0.05, 0) is 99.1 Å². The summed E-state index contributed by atoms with van der Waals surface area (Å²) in [6.07, 6.45) is 7.88. The Balaban J connectivity index is 1.17. The summed E-state index contributed by atoms with van der Waals surface area (Å²) in [4.78, 5) is 19.5. The van der Waals surface area contributed by atoms with Gasteiger partial charge in [-0.15, -0.1) is 0 Å². The highest BCUT2D eigenvalue weighted by molar-refractivity contribution is 5.76. The first-order valence-corrected chi connectivity index (χ1v) is 14.8. The Kier molecular flexibility index (Phi) is 8.60. The molecule has 2 aliphatic heterocycles. The van der Waals surface area contributed by atoms with Crippen LogP contribution in [0.15, 0.2) is 30.3 Å². The zero-order chi connectivity index (χ0) is 27.6. The first-order valence-electron chi connectivity index (χ1n) is 14.8. The molecule has 0 bridgehead atoms. The number of carbonyl (C=O) groups is 1. The average molecular weight is 536 g/mol. The van der Waals surface area contributed by atoms with Crippen LogP contribution in [-0.4, -0.2) is 59.9 Å². The standard InChI is InChI=1S/C32H45N3O4/c1-21-28-22(15-18-38-21)9-7-12-26(28)29(31(36)37)35(4)25-19-27(32(2,3)20-25)39-17-6-5-11-24-14-13-23-10-8-16-33-30(23)34-24/h7,9,12-14,21,25,27,29H,5-6,8,10-11,15-20H2,1-4H3,(H,33,34)(H,36,37)/t21-,25-,27-,29+/m0/s1. The van der Waals surface area contributed by atoms with E-state index >= 15 is 0 Å². The molecule has 2 N–H and O–H groups in total. The minimum absolute atomic E-state index is 0.0137. The molecule has 2 aromatic rings. The van der Waals surface area contributed by atoms with Gasteiger partial charge in [-0.3, -0.25) is 9.69 Å². The maximum Gasteiger partial charge on any atom is 0.325 e. The number of aryl methyl sites for hydroxylation is 2. The Morgan fingerprint density at radius 3 is 2.90 bits per heavy atom. The van der Waals surface area contributed by atoms with Gasteiger partial charge in [0.2, 0.25) is 0 Å². The van der Waals surface area contributed by atoms with E-state index in [-0.39, 0.29) is 23.7 Å². The Morgan fingerprint density at radius 2 is 2.08 bits per heavy atom.